The predicted octanol–water partition coefficient (Wildman–Crippen LogP) is 4.16. The smallest absolute Gasteiger partial charge is 0.334 e. The van der Waals surface area contributed by atoms with Crippen molar-refractivity contribution in [3.63, 3.8) is 0 Å². The Morgan fingerprint density at radius 2 is 1.62 bits per heavy atom. The van der Waals surface area contributed by atoms with Gasteiger partial charge in [-0.05, 0) is 18.9 Å². The fourth-order valence-corrected chi connectivity index (χ4v) is 3.31. The van der Waals surface area contributed by atoms with E-state index in [1.165, 1.54) is 0 Å². The van der Waals surface area contributed by atoms with Crippen LogP contribution in [0.3, 0.4) is 0 Å². The maximum Gasteiger partial charge on any atom is 0.334 e. The maximum absolute atomic E-state index is 13.0. The summed E-state index contributed by atoms with van der Waals surface area (Å²) < 4.78 is 5.19. The van der Waals surface area contributed by atoms with Crippen LogP contribution >= 0.6 is 0 Å². The minimum atomic E-state index is -0.324. The molecule has 1 aliphatic carbocycles. The van der Waals surface area contributed by atoms with Gasteiger partial charge in [-0.1, -0.05) is 66.7 Å². The van der Waals surface area contributed by atoms with Gasteiger partial charge >= 0.3 is 5.97 Å². The summed E-state index contributed by atoms with van der Waals surface area (Å²) in [5.41, 5.74) is 2.25. The van der Waals surface area contributed by atoms with Crippen LogP contribution in [0.5, 0.6) is 0 Å². The van der Waals surface area contributed by atoms with Crippen molar-refractivity contribution < 1.29 is 14.3 Å². The second kappa shape index (κ2) is 7.26. The highest BCUT2D eigenvalue weighted by Gasteiger charge is 2.39. The maximum atomic E-state index is 13.0. The van der Waals surface area contributed by atoms with Gasteiger partial charge in [0.15, 0.2) is 5.78 Å². The van der Waals surface area contributed by atoms with Crippen molar-refractivity contribution in [3.05, 3.63) is 83.4 Å². The summed E-state index contributed by atoms with van der Waals surface area (Å²) in [6.45, 7) is 2.12. The highest BCUT2D eigenvalue weighted by molar-refractivity contribution is 6.01. The van der Waals surface area contributed by atoms with Crippen LogP contribution in [0.1, 0.15) is 35.2 Å². The molecular weight excluding hydrogens is 300 g/mol. The molecule has 0 N–H and O–H groups in total. The van der Waals surface area contributed by atoms with Crippen LogP contribution < -0.4 is 0 Å². The molecule has 0 spiro atoms. The Hall–Kier alpha value is -2.68. The number of carbonyl (C=O) groups is 2. The topological polar surface area (TPSA) is 43.4 Å². The van der Waals surface area contributed by atoms with E-state index in [0.29, 0.717) is 24.2 Å². The molecule has 3 nitrogen and oxygen atoms in total. The number of allylic oxidation sites excluding steroid dienone is 1. The summed E-state index contributed by atoms with van der Waals surface area (Å²) in [5.74, 6) is -0.776. The number of rotatable bonds is 5. The fourth-order valence-electron chi connectivity index (χ4n) is 3.31. The Labute approximate surface area is 142 Å². The fraction of sp³-hybridized carbons (Fsp3) is 0.238. The largest absolute Gasteiger partial charge is 0.463 e. The van der Waals surface area contributed by atoms with Crippen molar-refractivity contribution in [3.8, 4) is 0 Å². The van der Waals surface area contributed by atoms with Gasteiger partial charge < -0.3 is 4.74 Å². The zero-order valence-electron chi connectivity index (χ0n) is 13.6. The molecule has 2 aromatic rings. The average molecular weight is 320 g/mol. The minimum Gasteiger partial charge on any atom is -0.463 e. The monoisotopic (exact) mass is 320 g/mol. The van der Waals surface area contributed by atoms with Gasteiger partial charge in [0.2, 0.25) is 0 Å². The second-order valence-corrected chi connectivity index (χ2v) is 5.84. The van der Waals surface area contributed by atoms with E-state index in [9.17, 15) is 9.59 Å². The standard InChI is InChI=1S/C21H20O3/c1-2-24-21(23)18-14-13-17(19(18)15-9-5-3-6-10-15)20(22)16-11-7-4-8-12-16/h3-12,14,17,19H,2,13H2,1H3. The summed E-state index contributed by atoms with van der Waals surface area (Å²) >= 11 is 0. The van der Waals surface area contributed by atoms with Crippen molar-refractivity contribution in [2.45, 2.75) is 19.3 Å². The zero-order chi connectivity index (χ0) is 16.9. The van der Waals surface area contributed by atoms with Crippen LogP contribution in [0.25, 0.3) is 0 Å². The van der Waals surface area contributed by atoms with Gasteiger partial charge in [0.25, 0.3) is 0 Å². The third-order valence-corrected chi connectivity index (χ3v) is 4.39. The Morgan fingerprint density at radius 3 is 2.25 bits per heavy atom. The van der Waals surface area contributed by atoms with Crippen LogP contribution in [0.15, 0.2) is 72.3 Å². The SMILES string of the molecule is CCOC(=O)C1=CCC(C(=O)c2ccccc2)C1c1ccccc1. The van der Waals surface area contributed by atoms with Gasteiger partial charge in [-0.15, -0.1) is 0 Å². The van der Waals surface area contributed by atoms with Gasteiger partial charge in [0.05, 0.1) is 6.61 Å². The van der Waals surface area contributed by atoms with E-state index in [4.69, 9.17) is 4.74 Å². The highest BCUT2D eigenvalue weighted by Crippen LogP contribution is 2.42. The van der Waals surface area contributed by atoms with Gasteiger partial charge in [-0.3, -0.25) is 4.79 Å². The van der Waals surface area contributed by atoms with E-state index in [2.05, 4.69) is 0 Å². The van der Waals surface area contributed by atoms with Crippen molar-refractivity contribution >= 4 is 11.8 Å². The number of Topliss-reactive ketones (excluding diaryl/α,β-unsaturated/α-hetero) is 1. The van der Waals surface area contributed by atoms with E-state index < -0.39 is 0 Å². The molecule has 2 unspecified atom stereocenters. The summed E-state index contributed by atoms with van der Waals surface area (Å²) in [7, 11) is 0. The molecule has 0 saturated carbocycles. The first-order valence-electron chi connectivity index (χ1n) is 8.23. The molecule has 2 atom stereocenters. The Balaban J connectivity index is 1.95. The van der Waals surface area contributed by atoms with E-state index in [-0.39, 0.29) is 23.6 Å². The van der Waals surface area contributed by atoms with Crippen molar-refractivity contribution in [2.75, 3.05) is 6.61 Å². The number of ether oxygens (including phenoxy) is 1. The Bertz CT molecular complexity index is 747. The molecule has 3 heteroatoms. The van der Waals surface area contributed by atoms with Crippen LogP contribution in [0.4, 0.5) is 0 Å². The lowest BCUT2D eigenvalue weighted by Crippen LogP contribution is -2.23. The molecule has 0 saturated heterocycles. The van der Waals surface area contributed by atoms with Crippen LogP contribution in [-0.4, -0.2) is 18.4 Å². The first-order valence-corrected chi connectivity index (χ1v) is 8.23. The molecule has 0 amide bonds. The number of benzene rings is 2. The lowest BCUT2D eigenvalue weighted by Gasteiger charge is -2.22. The number of esters is 1. The van der Waals surface area contributed by atoms with Crippen LogP contribution in [0.2, 0.25) is 0 Å². The molecule has 3 rings (SSSR count). The van der Waals surface area contributed by atoms with Crippen LogP contribution in [-0.2, 0) is 9.53 Å². The third kappa shape index (κ3) is 3.16. The summed E-state index contributed by atoms with van der Waals surface area (Å²) in [6, 6.07) is 19.0. The van der Waals surface area contributed by atoms with Crippen molar-refractivity contribution in [1.29, 1.82) is 0 Å². The molecule has 2 aromatic carbocycles. The summed E-state index contributed by atoms with van der Waals surface area (Å²) in [4.78, 5) is 25.3. The highest BCUT2D eigenvalue weighted by atomic mass is 16.5. The first kappa shape index (κ1) is 16.2. The number of hydrogen-bond acceptors (Lipinski definition) is 3. The van der Waals surface area contributed by atoms with Gasteiger partial charge in [-0.25, -0.2) is 4.79 Å². The Kier molecular flexibility index (Phi) is 4.90. The molecule has 122 valence electrons. The van der Waals surface area contributed by atoms with Crippen molar-refractivity contribution in [1.82, 2.24) is 0 Å². The average Bonchev–Trinajstić information content (AvgIpc) is 3.08. The normalized spacial score (nSPS) is 19.6. The molecular formula is C21H20O3. The van der Waals surface area contributed by atoms with E-state index >= 15 is 0 Å². The molecule has 0 aliphatic heterocycles. The van der Waals surface area contributed by atoms with E-state index in [0.717, 1.165) is 5.56 Å². The third-order valence-electron chi connectivity index (χ3n) is 4.39. The van der Waals surface area contributed by atoms with Crippen molar-refractivity contribution in [2.24, 2.45) is 5.92 Å². The molecule has 0 fully saturated rings. The lowest BCUT2D eigenvalue weighted by molar-refractivity contribution is -0.138. The lowest BCUT2D eigenvalue weighted by atomic mass is 9.80. The summed E-state index contributed by atoms with van der Waals surface area (Å²) in [6.07, 6.45) is 2.42. The molecule has 0 aromatic heterocycles. The zero-order valence-corrected chi connectivity index (χ0v) is 13.6. The molecule has 0 bridgehead atoms. The van der Waals surface area contributed by atoms with Gasteiger partial charge in [0.1, 0.15) is 0 Å². The number of ketones is 1. The minimum absolute atomic E-state index is 0.0694. The Morgan fingerprint density at radius 1 is 1.00 bits per heavy atom. The predicted molar refractivity (Wildman–Crippen MR) is 92.8 cm³/mol. The molecule has 0 radical (unpaired) electrons. The summed E-state index contributed by atoms with van der Waals surface area (Å²) in [5, 5.41) is 0. The quantitative estimate of drug-likeness (QED) is 0.613. The van der Waals surface area contributed by atoms with E-state index in [1.54, 1.807) is 6.92 Å². The molecule has 1 aliphatic rings. The van der Waals surface area contributed by atoms with Gasteiger partial charge in [-0.2, -0.15) is 0 Å². The van der Waals surface area contributed by atoms with Gasteiger partial charge in [0, 0.05) is 23.0 Å². The van der Waals surface area contributed by atoms with E-state index in [1.807, 2.05) is 66.7 Å². The number of carbonyl (C=O) groups excluding carboxylic acids is 2. The first-order chi connectivity index (χ1) is 11.7. The molecule has 0 heterocycles. The molecule has 24 heavy (non-hydrogen) atoms. The van der Waals surface area contributed by atoms with Crippen LogP contribution in [0, 0.1) is 5.92 Å². The number of hydrogen-bond donors (Lipinski definition) is 0. The second-order valence-electron chi connectivity index (χ2n) is 5.84.